The molecule has 3 aromatic rings. The van der Waals surface area contributed by atoms with Crippen molar-refractivity contribution >= 4 is 0 Å². The van der Waals surface area contributed by atoms with Crippen molar-refractivity contribution in [2.75, 3.05) is 33.0 Å². The third-order valence-electron chi connectivity index (χ3n) is 5.41. The Kier molecular flexibility index (Phi) is 4.91. The summed E-state index contributed by atoms with van der Waals surface area (Å²) in [5, 5.41) is 4.17. The van der Waals surface area contributed by atoms with Gasteiger partial charge in [0.1, 0.15) is 0 Å². The molecule has 1 fully saturated rings. The van der Waals surface area contributed by atoms with Crippen LogP contribution in [0.3, 0.4) is 0 Å². The molecular weight excluding hydrogens is 368 g/mol. The van der Waals surface area contributed by atoms with Crippen LogP contribution >= 0.6 is 0 Å². The molecule has 0 aliphatic carbocycles. The molecule has 29 heavy (non-hydrogen) atoms. The molecule has 0 unspecified atom stereocenters. The van der Waals surface area contributed by atoms with E-state index in [0.29, 0.717) is 19.2 Å². The van der Waals surface area contributed by atoms with E-state index in [1.54, 1.807) is 0 Å². The van der Waals surface area contributed by atoms with Gasteiger partial charge < -0.3 is 14.0 Å². The fraction of sp³-hybridized carbons (Fsp3) is 0.364. The summed E-state index contributed by atoms with van der Waals surface area (Å²) in [5.41, 5.74) is 3.40. The first-order chi connectivity index (χ1) is 14.2. The number of nitrogens with zero attached hydrogens (tertiary/aromatic N) is 4. The van der Waals surface area contributed by atoms with E-state index in [4.69, 9.17) is 14.0 Å². The predicted octanol–water partition coefficient (Wildman–Crippen LogP) is 3.09. The van der Waals surface area contributed by atoms with E-state index in [1.807, 2.05) is 18.2 Å². The van der Waals surface area contributed by atoms with Crippen molar-refractivity contribution < 1.29 is 14.0 Å². The number of hydrogen-bond acceptors (Lipinski definition) is 7. The number of benzene rings is 2. The number of hydrogen-bond donors (Lipinski definition) is 0. The van der Waals surface area contributed by atoms with Gasteiger partial charge in [-0.1, -0.05) is 28.9 Å². The molecule has 0 bridgehead atoms. The summed E-state index contributed by atoms with van der Waals surface area (Å²) in [6.07, 6.45) is 0. The van der Waals surface area contributed by atoms with Crippen LogP contribution in [0.5, 0.6) is 11.5 Å². The average molecular weight is 392 g/mol. The summed E-state index contributed by atoms with van der Waals surface area (Å²) in [6, 6.07) is 14.3. The number of ether oxygens (including phenoxy) is 2. The standard InChI is InChI=1S/C22H24N4O3/c1-16-3-2-4-18(11-16)22-23-21(24-29-22)14-26-9-7-25(8-10-26)13-17-5-6-19-20(12-17)28-15-27-19/h2-6,11-12H,7-10,13-15H2,1H3. The molecule has 0 spiro atoms. The maximum absolute atomic E-state index is 5.48. The molecule has 1 saturated heterocycles. The second kappa shape index (κ2) is 7.85. The average Bonchev–Trinajstić information content (AvgIpc) is 3.39. The van der Waals surface area contributed by atoms with Gasteiger partial charge >= 0.3 is 0 Å². The zero-order chi connectivity index (χ0) is 19.6. The maximum Gasteiger partial charge on any atom is 0.257 e. The molecule has 0 N–H and O–H groups in total. The van der Waals surface area contributed by atoms with Gasteiger partial charge in [-0.2, -0.15) is 4.98 Å². The van der Waals surface area contributed by atoms with Crippen LogP contribution in [-0.2, 0) is 13.1 Å². The van der Waals surface area contributed by atoms with Crippen LogP contribution < -0.4 is 9.47 Å². The van der Waals surface area contributed by atoms with Crippen LogP contribution in [0.1, 0.15) is 17.0 Å². The molecule has 0 atom stereocenters. The quantitative estimate of drug-likeness (QED) is 0.661. The van der Waals surface area contributed by atoms with E-state index in [2.05, 4.69) is 51.1 Å². The fourth-order valence-electron chi connectivity index (χ4n) is 3.82. The lowest BCUT2D eigenvalue weighted by molar-refractivity contribution is 0.119. The van der Waals surface area contributed by atoms with E-state index < -0.39 is 0 Å². The Morgan fingerprint density at radius 3 is 2.52 bits per heavy atom. The highest BCUT2D eigenvalue weighted by Crippen LogP contribution is 2.32. The van der Waals surface area contributed by atoms with Crippen LogP contribution in [0.4, 0.5) is 0 Å². The first-order valence-electron chi connectivity index (χ1n) is 9.96. The molecule has 5 rings (SSSR count). The molecular formula is C22H24N4O3. The second-order valence-corrected chi connectivity index (χ2v) is 7.63. The van der Waals surface area contributed by atoms with Crippen molar-refractivity contribution in [3.05, 3.63) is 59.4 Å². The number of piperazine rings is 1. The highest BCUT2D eigenvalue weighted by Gasteiger charge is 2.20. The van der Waals surface area contributed by atoms with Crippen LogP contribution in [0, 0.1) is 6.92 Å². The number of aromatic nitrogens is 2. The molecule has 150 valence electrons. The van der Waals surface area contributed by atoms with Crippen LogP contribution in [0.25, 0.3) is 11.5 Å². The Balaban J connectivity index is 1.14. The lowest BCUT2D eigenvalue weighted by Gasteiger charge is -2.34. The normalized spacial score (nSPS) is 17.0. The monoisotopic (exact) mass is 392 g/mol. The van der Waals surface area contributed by atoms with Crippen LogP contribution in [-0.4, -0.2) is 52.9 Å². The van der Waals surface area contributed by atoms with Crippen molar-refractivity contribution in [3.8, 4) is 23.0 Å². The number of rotatable bonds is 5. The number of aryl methyl sites for hydroxylation is 1. The van der Waals surface area contributed by atoms with Gasteiger partial charge in [-0.15, -0.1) is 0 Å². The SMILES string of the molecule is Cc1cccc(-c2nc(CN3CCN(Cc4ccc5c(c4)OCO5)CC3)no2)c1. The minimum absolute atomic E-state index is 0.319. The molecule has 2 aliphatic heterocycles. The van der Waals surface area contributed by atoms with Gasteiger partial charge in [0, 0.05) is 38.3 Å². The van der Waals surface area contributed by atoms with Crippen molar-refractivity contribution in [1.29, 1.82) is 0 Å². The zero-order valence-electron chi connectivity index (χ0n) is 16.5. The van der Waals surface area contributed by atoms with Crippen molar-refractivity contribution in [2.45, 2.75) is 20.0 Å². The Bertz CT molecular complexity index is 995. The smallest absolute Gasteiger partial charge is 0.257 e. The molecule has 0 radical (unpaired) electrons. The van der Waals surface area contributed by atoms with E-state index >= 15 is 0 Å². The Morgan fingerprint density at radius 1 is 0.897 bits per heavy atom. The van der Waals surface area contributed by atoms with E-state index in [-0.39, 0.29) is 0 Å². The maximum atomic E-state index is 5.48. The molecule has 1 aromatic heterocycles. The van der Waals surface area contributed by atoms with Gasteiger partial charge in [0.15, 0.2) is 17.3 Å². The molecule has 7 nitrogen and oxygen atoms in total. The van der Waals surface area contributed by atoms with Gasteiger partial charge in [-0.25, -0.2) is 0 Å². The molecule has 2 aliphatic rings. The third-order valence-corrected chi connectivity index (χ3v) is 5.41. The van der Waals surface area contributed by atoms with Gasteiger partial charge in [-0.05, 0) is 36.8 Å². The van der Waals surface area contributed by atoms with Gasteiger partial charge in [-0.3, -0.25) is 9.80 Å². The predicted molar refractivity (Wildman–Crippen MR) is 108 cm³/mol. The number of fused-ring (bicyclic) bond motifs is 1. The first kappa shape index (κ1) is 18.1. The fourth-order valence-corrected chi connectivity index (χ4v) is 3.82. The molecule has 0 amide bonds. The zero-order valence-corrected chi connectivity index (χ0v) is 16.5. The van der Waals surface area contributed by atoms with Gasteiger partial charge in [0.05, 0.1) is 6.54 Å². The molecule has 3 heterocycles. The van der Waals surface area contributed by atoms with E-state index in [1.165, 1.54) is 11.1 Å². The van der Waals surface area contributed by atoms with Crippen molar-refractivity contribution in [3.63, 3.8) is 0 Å². The molecule has 2 aromatic carbocycles. The second-order valence-electron chi connectivity index (χ2n) is 7.63. The minimum Gasteiger partial charge on any atom is -0.454 e. The Morgan fingerprint density at radius 2 is 1.69 bits per heavy atom. The van der Waals surface area contributed by atoms with Crippen LogP contribution in [0.2, 0.25) is 0 Å². The summed E-state index contributed by atoms with van der Waals surface area (Å²) >= 11 is 0. The van der Waals surface area contributed by atoms with E-state index in [0.717, 1.165) is 55.6 Å². The highest BCUT2D eigenvalue weighted by atomic mass is 16.7. The van der Waals surface area contributed by atoms with Crippen LogP contribution in [0.15, 0.2) is 47.0 Å². The minimum atomic E-state index is 0.319. The van der Waals surface area contributed by atoms with Crippen molar-refractivity contribution in [1.82, 2.24) is 19.9 Å². The third kappa shape index (κ3) is 4.11. The summed E-state index contributed by atoms with van der Waals surface area (Å²) < 4.78 is 16.3. The molecule has 0 saturated carbocycles. The lowest BCUT2D eigenvalue weighted by Crippen LogP contribution is -2.45. The Labute approximate surface area is 169 Å². The lowest BCUT2D eigenvalue weighted by atomic mass is 10.1. The summed E-state index contributed by atoms with van der Waals surface area (Å²) in [7, 11) is 0. The largest absolute Gasteiger partial charge is 0.454 e. The van der Waals surface area contributed by atoms with Gasteiger partial charge in [0.2, 0.25) is 6.79 Å². The van der Waals surface area contributed by atoms with Crippen molar-refractivity contribution in [2.24, 2.45) is 0 Å². The van der Waals surface area contributed by atoms with E-state index in [9.17, 15) is 0 Å². The highest BCUT2D eigenvalue weighted by molar-refractivity contribution is 5.53. The first-order valence-corrected chi connectivity index (χ1v) is 9.96. The summed E-state index contributed by atoms with van der Waals surface area (Å²) in [5.74, 6) is 3.02. The Hall–Kier alpha value is -2.90. The molecule has 7 heteroatoms. The summed E-state index contributed by atoms with van der Waals surface area (Å²) in [4.78, 5) is 9.41. The topological polar surface area (TPSA) is 63.9 Å². The summed E-state index contributed by atoms with van der Waals surface area (Å²) in [6.45, 7) is 8.01. The van der Waals surface area contributed by atoms with Gasteiger partial charge in [0.25, 0.3) is 5.89 Å².